The maximum atomic E-state index is 13.9. The molecule has 0 bridgehead atoms. The molecule has 0 radical (unpaired) electrons. The number of H-pyrrole nitrogens is 1. The normalized spacial score (nSPS) is 14.4. The number of nitriles is 2. The van der Waals surface area contributed by atoms with Crippen LogP contribution in [0, 0.1) is 34.4 Å². The fraction of sp³-hybridized carbons (Fsp3) is 0.381. The van der Waals surface area contributed by atoms with Crippen molar-refractivity contribution in [1.29, 1.82) is 10.5 Å². The van der Waals surface area contributed by atoms with Gasteiger partial charge in [-0.3, -0.25) is 4.79 Å². The molecule has 0 saturated heterocycles. The van der Waals surface area contributed by atoms with Crippen LogP contribution in [0.2, 0.25) is 0 Å². The van der Waals surface area contributed by atoms with Crippen molar-refractivity contribution in [2.75, 3.05) is 12.3 Å². The minimum Gasteiger partial charge on any atom is -0.384 e. The van der Waals surface area contributed by atoms with E-state index < -0.39 is 11.4 Å². The first-order valence-electron chi connectivity index (χ1n) is 9.27. The highest BCUT2D eigenvalue weighted by molar-refractivity contribution is 5.81. The molecule has 0 unspecified atom stereocenters. The molecule has 0 spiro atoms. The van der Waals surface area contributed by atoms with Crippen LogP contribution in [0.3, 0.4) is 0 Å². The number of hydrogen-bond donors (Lipinski definition) is 2. The van der Waals surface area contributed by atoms with E-state index in [1.165, 1.54) is 37.5 Å². The number of benzene rings is 1. The van der Waals surface area contributed by atoms with Gasteiger partial charge in [0.15, 0.2) is 0 Å². The van der Waals surface area contributed by atoms with E-state index in [-0.39, 0.29) is 29.1 Å². The minimum absolute atomic E-state index is 0.0173. The minimum atomic E-state index is -0.688. The van der Waals surface area contributed by atoms with E-state index in [4.69, 9.17) is 10.5 Å². The van der Waals surface area contributed by atoms with Crippen molar-refractivity contribution in [2.45, 2.75) is 38.7 Å². The molecule has 3 N–H and O–H groups in total. The van der Waals surface area contributed by atoms with E-state index in [9.17, 15) is 19.7 Å². The van der Waals surface area contributed by atoms with Crippen LogP contribution in [0.4, 0.5) is 10.2 Å². The number of nitrogens with two attached hydrogens (primary N) is 1. The Kier molecular flexibility index (Phi) is 6.08. The average molecular weight is 380 g/mol. The average Bonchev–Trinajstić information content (AvgIpc) is 2.69. The number of halogens is 1. The molecule has 1 aromatic heterocycles. The highest BCUT2D eigenvalue weighted by Gasteiger charge is 2.21. The summed E-state index contributed by atoms with van der Waals surface area (Å²) in [6.45, 7) is 0.690. The molecule has 1 aromatic carbocycles. The predicted molar refractivity (Wildman–Crippen MR) is 103 cm³/mol. The zero-order valence-electron chi connectivity index (χ0n) is 15.4. The molecule has 144 valence electrons. The SMILES string of the molecule is N#Cc1c(N)[nH]c(=O)c(C#N)c1-c1ccc(F)cc1COCC1CCCCC1. The number of hydrogen-bond acceptors (Lipinski definition) is 5. The second-order valence-electron chi connectivity index (χ2n) is 7.04. The fourth-order valence-corrected chi connectivity index (χ4v) is 3.73. The Labute approximate surface area is 162 Å². The summed E-state index contributed by atoms with van der Waals surface area (Å²) in [7, 11) is 0. The maximum absolute atomic E-state index is 13.9. The number of aromatic nitrogens is 1. The molecule has 0 aliphatic heterocycles. The van der Waals surface area contributed by atoms with Gasteiger partial charge in [0.25, 0.3) is 5.56 Å². The van der Waals surface area contributed by atoms with Crippen molar-refractivity contribution in [1.82, 2.24) is 4.98 Å². The van der Waals surface area contributed by atoms with Gasteiger partial charge in [-0.05, 0) is 42.0 Å². The smallest absolute Gasteiger partial charge is 0.268 e. The summed E-state index contributed by atoms with van der Waals surface area (Å²) in [5.74, 6) is -0.0972. The van der Waals surface area contributed by atoms with Gasteiger partial charge < -0.3 is 15.5 Å². The van der Waals surface area contributed by atoms with Gasteiger partial charge in [0.1, 0.15) is 34.9 Å². The third kappa shape index (κ3) is 4.05. The number of aromatic amines is 1. The van der Waals surface area contributed by atoms with Crippen molar-refractivity contribution in [3.63, 3.8) is 0 Å². The van der Waals surface area contributed by atoms with Crippen molar-refractivity contribution >= 4 is 5.82 Å². The largest absolute Gasteiger partial charge is 0.384 e. The lowest BCUT2D eigenvalue weighted by Crippen LogP contribution is -2.17. The second kappa shape index (κ2) is 8.69. The van der Waals surface area contributed by atoms with Crippen LogP contribution >= 0.6 is 0 Å². The molecule has 28 heavy (non-hydrogen) atoms. The number of nitrogen functional groups attached to an aromatic ring is 1. The Hall–Kier alpha value is -3.16. The number of ether oxygens (including phenoxy) is 1. The van der Waals surface area contributed by atoms with Gasteiger partial charge in [-0.15, -0.1) is 0 Å². The standard InChI is InChI=1S/C21H21FN4O2/c22-15-6-7-16(14(8-15)12-28-11-13-4-2-1-3-5-13)19-17(9-23)20(25)26-21(27)18(19)10-24/h6-8,13H,1-5,11-12H2,(H3,25,26,27). The maximum Gasteiger partial charge on any atom is 0.268 e. The molecular weight excluding hydrogens is 359 g/mol. The van der Waals surface area contributed by atoms with Crippen LogP contribution in [0.15, 0.2) is 23.0 Å². The predicted octanol–water partition coefficient (Wildman–Crippen LogP) is 3.60. The molecular formula is C21H21FN4O2. The summed E-state index contributed by atoms with van der Waals surface area (Å²) >= 11 is 0. The van der Waals surface area contributed by atoms with Gasteiger partial charge in [0.2, 0.25) is 0 Å². The summed E-state index contributed by atoms with van der Waals surface area (Å²) in [5.41, 5.74) is 5.82. The van der Waals surface area contributed by atoms with Gasteiger partial charge >= 0.3 is 0 Å². The van der Waals surface area contributed by atoms with Crippen LogP contribution in [-0.2, 0) is 11.3 Å². The van der Waals surface area contributed by atoms with Crippen LogP contribution in [0.5, 0.6) is 0 Å². The fourth-order valence-electron chi connectivity index (χ4n) is 3.73. The van der Waals surface area contributed by atoms with Crippen LogP contribution in [0.25, 0.3) is 11.1 Å². The molecule has 0 atom stereocenters. The van der Waals surface area contributed by atoms with E-state index in [0.29, 0.717) is 23.7 Å². The monoisotopic (exact) mass is 380 g/mol. The molecule has 6 nitrogen and oxygen atoms in total. The Morgan fingerprint density at radius 2 is 1.89 bits per heavy atom. The second-order valence-corrected chi connectivity index (χ2v) is 7.04. The molecule has 3 rings (SSSR count). The van der Waals surface area contributed by atoms with Crippen molar-refractivity contribution in [3.8, 4) is 23.3 Å². The van der Waals surface area contributed by atoms with Crippen molar-refractivity contribution in [2.24, 2.45) is 5.92 Å². The molecule has 1 heterocycles. The Bertz CT molecular complexity index is 1010. The van der Waals surface area contributed by atoms with Gasteiger partial charge in [-0.1, -0.05) is 25.3 Å². The number of pyridine rings is 1. The van der Waals surface area contributed by atoms with E-state index in [1.807, 2.05) is 12.1 Å². The third-order valence-corrected chi connectivity index (χ3v) is 5.14. The zero-order valence-corrected chi connectivity index (χ0v) is 15.4. The Morgan fingerprint density at radius 3 is 2.57 bits per heavy atom. The third-order valence-electron chi connectivity index (χ3n) is 5.14. The first-order chi connectivity index (χ1) is 13.5. The number of nitrogens with one attached hydrogen (secondary N) is 1. The number of rotatable bonds is 5. The molecule has 2 aromatic rings. The quantitative estimate of drug-likeness (QED) is 0.822. The molecule has 0 amide bonds. The van der Waals surface area contributed by atoms with E-state index in [1.54, 1.807) is 0 Å². The Balaban J connectivity index is 1.98. The summed E-state index contributed by atoms with van der Waals surface area (Å²) in [4.78, 5) is 14.5. The zero-order chi connectivity index (χ0) is 20.1. The van der Waals surface area contributed by atoms with Gasteiger partial charge in [0, 0.05) is 12.2 Å². The van der Waals surface area contributed by atoms with Crippen LogP contribution in [-0.4, -0.2) is 11.6 Å². The summed E-state index contributed by atoms with van der Waals surface area (Å²) < 4.78 is 19.7. The number of anilines is 1. The molecule has 1 saturated carbocycles. The van der Waals surface area contributed by atoms with Crippen LogP contribution in [0.1, 0.15) is 48.8 Å². The van der Waals surface area contributed by atoms with Gasteiger partial charge in [0.05, 0.1) is 6.61 Å². The van der Waals surface area contributed by atoms with Gasteiger partial charge in [-0.2, -0.15) is 10.5 Å². The first kappa shape index (κ1) is 19.6. The highest BCUT2D eigenvalue weighted by Crippen LogP contribution is 2.32. The van der Waals surface area contributed by atoms with Crippen molar-refractivity contribution in [3.05, 3.63) is 51.1 Å². The molecule has 7 heteroatoms. The lowest BCUT2D eigenvalue weighted by Gasteiger charge is -2.21. The summed E-state index contributed by atoms with van der Waals surface area (Å²) in [6, 6.07) is 7.73. The number of nitrogens with zero attached hydrogens (tertiary/aromatic N) is 2. The molecule has 1 fully saturated rings. The molecule has 1 aliphatic rings. The lowest BCUT2D eigenvalue weighted by atomic mass is 9.90. The lowest BCUT2D eigenvalue weighted by molar-refractivity contribution is 0.0740. The first-order valence-corrected chi connectivity index (χ1v) is 9.27. The topological polar surface area (TPSA) is 116 Å². The van der Waals surface area contributed by atoms with E-state index in [0.717, 1.165) is 12.8 Å². The van der Waals surface area contributed by atoms with E-state index in [2.05, 4.69) is 4.98 Å². The summed E-state index contributed by atoms with van der Waals surface area (Å²) in [5, 5.41) is 18.9. The van der Waals surface area contributed by atoms with Crippen molar-refractivity contribution < 1.29 is 9.13 Å². The van der Waals surface area contributed by atoms with Crippen LogP contribution < -0.4 is 11.3 Å². The van der Waals surface area contributed by atoms with Gasteiger partial charge in [-0.25, -0.2) is 4.39 Å². The molecule has 1 aliphatic carbocycles. The highest BCUT2D eigenvalue weighted by atomic mass is 19.1. The summed E-state index contributed by atoms with van der Waals surface area (Å²) in [6.07, 6.45) is 5.89. The Morgan fingerprint density at radius 1 is 1.18 bits per heavy atom. The van der Waals surface area contributed by atoms with E-state index >= 15 is 0 Å².